The summed E-state index contributed by atoms with van der Waals surface area (Å²) in [5.74, 6) is 0.00768. The Morgan fingerprint density at radius 1 is 0.906 bits per heavy atom. The summed E-state index contributed by atoms with van der Waals surface area (Å²) >= 11 is 0. The van der Waals surface area contributed by atoms with E-state index >= 15 is 0 Å². The number of hydrogen-bond acceptors (Lipinski definition) is 3. The van der Waals surface area contributed by atoms with Gasteiger partial charge in [0.15, 0.2) is 0 Å². The molecule has 0 spiro atoms. The fraction of sp³-hybridized carbons (Fsp3) is 0.269. The monoisotopic (exact) mass is 429 g/mol. The lowest BCUT2D eigenvalue weighted by molar-refractivity contribution is 0.0682. The third kappa shape index (κ3) is 4.80. The molecule has 0 radical (unpaired) electrons. The average Bonchev–Trinajstić information content (AvgIpc) is 2.85. The Kier molecular flexibility index (Phi) is 6.50. The summed E-state index contributed by atoms with van der Waals surface area (Å²) in [5.41, 5.74) is 2.77. The molecule has 0 bridgehead atoms. The van der Waals surface area contributed by atoms with E-state index in [4.69, 9.17) is 0 Å². The second-order valence-electron chi connectivity index (χ2n) is 8.23. The van der Waals surface area contributed by atoms with Gasteiger partial charge in [-0.15, -0.1) is 0 Å². The molecule has 1 aliphatic rings. The van der Waals surface area contributed by atoms with Crippen molar-refractivity contribution in [2.45, 2.75) is 12.8 Å². The van der Waals surface area contributed by atoms with Crippen LogP contribution in [0.1, 0.15) is 33.6 Å². The topological polar surface area (TPSA) is 71.4 Å². The highest BCUT2D eigenvalue weighted by molar-refractivity contribution is 5.95. The summed E-state index contributed by atoms with van der Waals surface area (Å²) in [7, 11) is 1.64. The number of nitrogens with zero attached hydrogens (tertiary/aromatic N) is 2. The van der Waals surface area contributed by atoms with Crippen molar-refractivity contribution in [3.05, 3.63) is 94.4 Å². The van der Waals surface area contributed by atoms with Crippen molar-refractivity contribution >= 4 is 11.8 Å². The van der Waals surface area contributed by atoms with E-state index in [-0.39, 0.29) is 22.9 Å². The molecular weight excluding hydrogens is 402 g/mol. The van der Waals surface area contributed by atoms with Crippen molar-refractivity contribution in [1.82, 2.24) is 14.8 Å². The maximum atomic E-state index is 12.7. The standard InChI is InChI=1S/C26H27N3O3/c1-28-15-5-8-23(25(28)31)26(32)29-16-13-19(14-17-29)18-27-24(30)22-11-9-21(10-12-22)20-6-3-2-4-7-20/h2-12,15,19H,13-14,16-18H2,1H3,(H,27,30). The second-order valence-corrected chi connectivity index (χ2v) is 8.23. The first-order valence-corrected chi connectivity index (χ1v) is 10.9. The molecule has 0 atom stereocenters. The van der Waals surface area contributed by atoms with E-state index in [9.17, 15) is 14.4 Å². The number of carbonyl (C=O) groups is 2. The summed E-state index contributed by atoms with van der Waals surface area (Å²) in [4.78, 5) is 39.2. The van der Waals surface area contributed by atoms with Gasteiger partial charge in [-0.1, -0.05) is 42.5 Å². The Hall–Kier alpha value is -3.67. The third-order valence-electron chi connectivity index (χ3n) is 6.06. The molecular formula is C26H27N3O3. The van der Waals surface area contributed by atoms with E-state index in [0.29, 0.717) is 31.1 Å². The van der Waals surface area contributed by atoms with E-state index in [1.165, 1.54) is 4.57 Å². The molecule has 4 rings (SSSR count). The second kappa shape index (κ2) is 9.64. The minimum absolute atomic E-state index is 0.0871. The van der Waals surface area contributed by atoms with Crippen molar-refractivity contribution in [2.75, 3.05) is 19.6 Å². The Morgan fingerprint density at radius 3 is 2.25 bits per heavy atom. The fourth-order valence-electron chi connectivity index (χ4n) is 4.05. The number of nitrogens with one attached hydrogen (secondary N) is 1. The van der Waals surface area contributed by atoms with Gasteiger partial charge in [-0.25, -0.2) is 0 Å². The summed E-state index contributed by atoms with van der Waals surface area (Å²) in [6.07, 6.45) is 3.24. The van der Waals surface area contributed by atoms with Crippen LogP contribution in [-0.2, 0) is 7.05 Å². The fourth-order valence-corrected chi connectivity index (χ4v) is 4.05. The molecule has 1 saturated heterocycles. The molecule has 6 heteroatoms. The minimum Gasteiger partial charge on any atom is -0.352 e. The molecule has 1 aliphatic heterocycles. The number of aromatic nitrogens is 1. The number of pyridine rings is 1. The zero-order chi connectivity index (χ0) is 22.5. The van der Waals surface area contributed by atoms with Gasteiger partial charge in [-0.3, -0.25) is 14.4 Å². The highest BCUT2D eigenvalue weighted by Gasteiger charge is 2.25. The molecule has 0 unspecified atom stereocenters. The zero-order valence-corrected chi connectivity index (χ0v) is 18.2. The van der Waals surface area contributed by atoms with Gasteiger partial charge in [0.25, 0.3) is 17.4 Å². The summed E-state index contributed by atoms with van der Waals surface area (Å²) < 4.78 is 1.42. The van der Waals surface area contributed by atoms with Crippen LogP contribution >= 0.6 is 0 Å². The van der Waals surface area contributed by atoms with Crippen molar-refractivity contribution in [1.29, 1.82) is 0 Å². The number of amides is 2. The first-order chi connectivity index (χ1) is 15.5. The van der Waals surface area contributed by atoms with Crippen LogP contribution in [0, 0.1) is 5.92 Å². The molecule has 0 saturated carbocycles. The van der Waals surface area contributed by atoms with Crippen LogP contribution in [0.3, 0.4) is 0 Å². The number of aryl methyl sites for hydroxylation is 1. The number of piperidine rings is 1. The van der Waals surface area contributed by atoms with Crippen LogP contribution in [0.25, 0.3) is 11.1 Å². The first-order valence-electron chi connectivity index (χ1n) is 10.9. The van der Waals surface area contributed by atoms with Crippen molar-refractivity contribution in [3.8, 4) is 11.1 Å². The van der Waals surface area contributed by atoms with Crippen LogP contribution in [0.2, 0.25) is 0 Å². The maximum absolute atomic E-state index is 12.7. The number of carbonyl (C=O) groups excluding carboxylic acids is 2. The van der Waals surface area contributed by atoms with Crippen LogP contribution in [0.5, 0.6) is 0 Å². The van der Waals surface area contributed by atoms with Crippen molar-refractivity contribution in [3.63, 3.8) is 0 Å². The number of hydrogen-bond donors (Lipinski definition) is 1. The highest BCUT2D eigenvalue weighted by Crippen LogP contribution is 2.20. The van der Waals surface area contributed by atoms with Crippen LogP contribution in [-0.4, -0.2) is 40.9 Å². The zero-order valence-electron chi connectivity index (χ0n) is 18.2. The summed E-state index contributed by atoms with van der Waals surface area (Å²) in [6, 6.07) is 21.0. The Bertz CT molecular complexity index is 1140. The average molecular weight is 430 g/mol. The molecule has 32 heavy (non-hydrogen) atoms. The normalized spacial score (nSPS) is 14.2. The molecule has 2 amide bonds. The van der Waals surface area contributed by atoms with Gasteiger partial charge in [0, 0.05) is 38.4 Å². The number of benzene rings is 2. The SMILES string of the molecule is Cn1cccc(C(=O)N2CCC(CNC(=O)c3ccc(-c4ccccc4)cc3)CC2)c1=O. The molecule has 6 nitrogen and oxygen atoms in total. The van der Waals surface area contributed by atoms with Gasteiger partial charge in [-0.2, -0.15) is 0 Å². The van der Waals surface area contributed by atoms with E-state index in [1.54, 1.807) is 30.3 Å². The largest absolute Gasteiger partial charge is 0.352 e. The Balaban J connectivity index is 1.27. The highest BCUT2D eigenvalue weighted by atomic mass is 16.2. The van der Waals surface area contributed by atoms with Crippen LogP contribution in [0.15, 0.2) is 77.7 Å². The predicted molar refractivity (Wildman–Crippen MR) is 125 cm³/mol. The lowest BCUT2D eigenvalue weighted by Gasteiger charge is -2.32. The number of likely N-dealkylation sites (tertiary alicyclic amines) is 1. The van der Waals surface area contributed by atoms with E-state index in [2.05, 4.69) is 5.32 Å². The summed E-state index contributed by atoms with van der Waals surface area (Å²) in [6.45, 7) is 1.75. The number of rotatable bonds is 5. The summed E-state index contributed by atoms with van der Waals surface area (Å²) in [5, 5.41) is 3.02. The van der Waals surface area contributed by atoms with E-state index in [0.717, 1.165) is 24.0 Å². The molecule has 1 N–H and O–H groups in total. The molecule has 3 aromatic rings. The van der Waals surface area contributed by atoms with Gasteiger partial charge in [0.1, 0.15) is 5.56 Å². The van der Waals surface area contributed by atoms with Gasteiger partial charge in [0.2, 0.25) is 0 Å². The molecule has 2 aromatic carbocycles. The smallest absolute Gasteiger partial charge is 0.263 e. The maximum Gasteiger partial charge on any atom is 0.263 e. The molecule has 2 heterocycles. The van der Waals surface area contributed by atoms with E-state index in [1.807, 2.05) is 54.6 Å². The van der Waals surface area contributed by atoms with Gasteiger partial charge >= 0.3 is 0 Å². The third-order valence-corrected chi connectivity index (χ3v) is 6.06. The molecule has 0 aliphatic carbocycles. The first kappa shape index (κ1) is 21.6. The van der Waals surface area contributed by atoms with Crippen LogP contribution in [0.4, 0.5) is 0 Å². The molecule has 1 fully saturated rings. The van der Waals surface area contributed by atoms with Gasteiger partial charge < -0.3 is 14.8 Å². The van der Waals surface area contributed by atoms with Crippen molar-refractivity contribution in [2.24, 2.45) is 13.0 Å². The predicted octanol–water partition coefficient (Wildman–Crippen LogP) is 3.33. The Labute approximate surface area is 187 Å². The minimum atomic E-state index is -0.273. The van der Waals surface area contributed by atoms with Crippen molar-refractivity contribution < 1.29 is 9.59 Å². The van der Waals surface area contributed by atoms with Gasteiger partial charge in [-0.05, 0) is 54.2 Å². The quantitative estimate of drug-likeness (QED) is 0.676. The molecule has 1 aromatic heterocycles. The lowest BCUT2D eigenvalue weighted by Crippen LogP contribution is -2.43. The van der Waals surface area contributed by atoms with E-state index < -0.39 is 0 Å². The van der Waals surface area contributed by atoms with Crippen LogP contribution < -0.4 is 10.9 Å². The molecule has 164 valence electrons. The van der Waals surface area contributed by atoms with Gasteiger partial charge in [0.05, 0.1) is 0 Å². The lowest BCUT2D eigenvalue weighted by atomic mass is 9.96. The Morgan fingerprint density at radius 2 is 1.56 bits per heavy atom.